The van der Waals surface area contributed by atoms with E-state index in [1.807, 2.05) is 0 Å². The Kier molecular flexibility index (Phi) is 7.17. The van der Waals surface area contributed by atoms with Gasteiger partial charge in [0.25, 0.3) is 5.91 Å². The highest BCUT2D eigenvalue weighted by Crippen LogP contribution is 2.43. The summed E-state index contributed by atoms with van der Waals surface area (Å²) >= 11 is 0. The van der Waals surface area contributed by atoms with E-state index in [4.69, 9.17) is 4.74 Å². The van der Waals surface area contributed by atoms with Gasteiger partial charge in [0, 0.05) is 30.3 Å². The smallest absolute Gasteiger partial charge is 0.405 e. The van der Waals surface area contributed by atoms with Crippen molar-refractivity contribution >= 4 is 5.91 Å². The van der Waals surface area contributed by atoms with Gasteiger partial charge in [-0.25, -0.2) is 4.39 Å². The zero-order valence-corrected chi connectivity index (χ0v) is 21.4. The number of benzene rings is 2. The summed E-state index contributed by atoms with van der Waals surface area (Å²) in [6.07, 6.45) is -3.64. The van der Waals surface area contributed by atoms with Crippen LogP contribution in [0.1, 0.15) is 77.7 Å². The largest absolute Gasteiger partial charge is 0.573 e. The molecule has 2 N–H and O–H groups in total. The molecule has 2 heterocycles. The monoisotopic (exact) mass is 536 g/mol. The van der Waals surface area contributed by atoms with Crippen LogP contribution in [0.15, 0.2) is 36.4 Å². The molecule has 1 aliphatic carbocycles. The van der Waals surface area contributed by atoms with Crippen molar-refractivity contribution in [2.45, 2.75) is 75.9 Å². The molecule has 38 heavy (non-hydrogen) atoms. The fraction of sp³-hybridized carbons (Fsp3) is 0.536. The number of carbonyl (C=O) groups excluding carboxylic acids is 1. The maximum absolute atomic E-state index is 13.5. The number of nitrogens with zero attached hydrogens (tertiary/aromatic N) is 1. The molecule has 5 rings (SSSR count). The first-order valence-corrected chi connectivity index (χ1v) is 12.9. The topological polar surface area (TPSA) is 71.0 Å². The van der Waals surface area contributed by atoms with Gasteiger partial charge >= 0.3 is 6.36 Å². The van der Waals surface area contributed by atoms with Gasteiger partial charge in [-0.15, -0.1) is 13.2 Å². The number of aliphatic hydroxyl groups is 1. The van der Waals surface area contributed by atoms with E-state index in [9.17, 15) is 27.5 Å². The van der Waals surface area contributed by atoms with Gasteiger partial charge in [0.2, 0.25) is 0 Å². The fourth-order valence-electron chi connectivity index (χ4n) is 5.78. The van der Waals surface area contributed by atoms with Crippen LogP contribution in [-0.2, 0) is 16.9 Å². The zero-order chi connectivity index (χ0) is 27.2. The van der Waals surface area contributed by atoms with Crippen LogP contribution in [0.3, 0.4) is 0 Å². The van der Waals surface area contributed by atoms with Crippen molar-refractivity contribution in [3.05, 3.63) is 64.2 Å². The Hall–Kier alpha value is -2.69. The molecule has 3 aliphatic rings. The van der Waals surface area contributed by atoms with Crippen molar-refractivity contribution in [3.63, 3.8) is 0 Å². The maximum atomic E-state index is 13.5. The summed E-state index contributed by atoms with van der Waals surface area (Å²) in [6.45, 7) is 4.77. The number of halogens is 4. The molecule has 0 bridgehead atoms. The Morgan fingerprint density at radius 2 is 2.00 bits per heavy atom. The maximum Gasteiger partial charge on any atom is 0.573 e. The molecule has 3 atom stereocenters. The van der Waals surface area contributed by atoms with Crippen molar-refractivity contribution in [1.82, 2.24) is 10.2 Å². The summed E-state index contributed by atoms with van der Waals surface area (Å²) in [5, 5.41) is 13.2. The van der Waals surface area contributed by atoms with Gasteiger partial charge in [-0.05, 0) is 73.9 Å². The van der Waals surface area contributed by atoms with Crippen LogP contribution in [0, 0.1) is 0 Å². The fourth-order valence-corrected chi connectivity index (χ4v) is 5.78. The number of alkyl halides is 4. The van der Waals surface area contributed by atoms with Gasteiger partial charge in [-0.3, -0.25) is 9.69 Å². The van der Waals surface area contributed by atoms with E-state index >= 15 is 0 Å². The van der Waals surface area contributed by atoms with Crippen LogP contribution in [0.2, 0.25) is 0 Å². The summed E-state index contributed by atoms with van der Waals surface area (Å²) in [6, 6.07) is 9.11. The lowest BCUT2D eigenvalue weighted by Crippen LogP contribution is -2.42. The Morgan fingerprint density at radius 3 is 2.68 bits per heavy atom. The van der Waals surface area contributed by atoms with Crippen molar-refractivity contribution in [3.8, 4) is 5.75 Å². The van der Waals surface area contributed by atoms with E-state index in [1.165, 1.54) is 6.07 Å². The van der Waals surface area contributed by atoms with Gasteiger partial charge in [0.05, 0.1) is 19.3 Å². The Morgan fingerprint density at radius 1 is 1.24 bits per heavy atom. The van der Waals surface area contributed by atoms with E-state index in [0.29, 0.717) is 36.2 Å². The molecule has 0 unspecified atom stereocenters. The molecule has 0 radical (unpaired) electrons. The van der Waals surface area contributed by atoms with Crippen molar-refractivity contribution in [2.75, 3.05) is 19.7 Å². The molecule has 206 valence electrons. The summed E-state index contributed by atoms with van der Waals surface area (Å²) in [5.41, 5.74) is 1.45. The number of rotatable bonds is 6. The number of ether oxygens (including phenoxy) is 2. The third kappa shape index (κ3) is 5.67. The third-order valence-corrected chi connectivity index (χ3v) is 7.93. The Bertz CT molecular complexity index is 1200. The molecule has 1 amide bonds. The molecule has 2 aliphatic heterocycles. The molecular formula is C28H32F4N2O4. The normalized spacial score (nSPS) is 28.3. The standard InChI is InChI=1S/C28H32F4N2O4/c1-16(33-26(35)18-4-6-24-20(9-18)14-37-15-27(24,2)36)23-5-3-17(12-25(23)38-28(30,31)32)19-10-22(11-19)34-8-7-21(29)13-34/h3-6,9,12,16,19,21-22,36H,7-8,10-11,13-15H2,1-2H3,(H,33,35)/t16-,19?,21+,22?,27+/m0/s1. The second-order valence-corrected chi connectivity index (χ2v) is 10.9. The minimum Gasteiger partial charge on any atom is -0.405 e. The van der Waals surface area contributed by atoms with Gasteiger partial charge in [0.15, 0.2) is 0 Å². The second-order valence-electron chi connectivity index (χ2n) is 10.9. The molecular weight excluding hydrogens is 504 g/mol. The molecule has 2 aromatic rings. The molecule has 0 aromatic heterocycles. The van der Waals surface area contributed by atoms with Crippen molar-refractivity contribution in [2.24, 2.45) is 0 Å². The lowest BCUT2D eigenvalue weighted by atomic mass is 9.75. The van der Waals surface area contributed by atoms with Crippen LogP contribution in [0.5, 0.6) is 5.75 Å². The lowest BCUT2D eigenvalue weighted by Gasteiger charge is -2.41. The van der Waals surface area contributed by atoms with Gasteiger partial charge < -0.3 is 19.9 Å². The average Bonchev–Trinajstić information content (AvgIpc) is 3.22. The van der Waals surface area contributed by atoms with E-state index in [1.54, 1.807) is 44.2 Å². The quantitative estimate of drug-likeness (QED) is 0.503. The van der Waals surface area contributed by atoms with Crippen LogP contribution in [0.4, 0.5) is 17.6 Å². The predicted molar refractivity (Wildman–Crippen MR) is 132 cm³/mol. The average molecular weight is 537 g/mol. The summed E-state index contributed by atoms with van der Waals surface area (Å²) < 4.78 is 63.2. The molecule has 1 saturated heterocycles. The predicted octanol–water partition coefficient (Wildman–Crippen LogP) is 5.10. The number of amides is 1. The highest BCUT2D eigenvalue weighted by Gasteiger charge is 2.39. The molecule has 0 spiro atoms. The zero-order valence-electron chi connectivity index (χ0n) is 21.4. The highest BCUT2D eigenvalue weighted by atomic mass is 19.4. The Labute approximate surface area is 218 Å². The minimum atomic E-state index is -4.89. The molecule has 2 fully saturated rings. The van der Waals surface area contributed by atoms with E-state index in [2.05, 4.69) is 15.0 Å². The number of nitrogens with one attached hydrogen (secondary N) is 1. The molecule has 1 saturated carbocycles. The summed E-state index contributed by atoms with van der Waals surface area (Å²) in [5.74, 6) is -0.736. The van der Waals surface area contributed by atoms with Crippen LogP contribution >= 0.6 is 0 Å². The van der Waals surface area contributed by atoms with Crippen LogP contribution in [0.25, 0.3) is 0 Å². The lowest BCUT2D eigenvalue weighted by molar-refractivity contribution is -0.275. The number of hydrogen-bond donors (Lipinski definition) is 2. The molecule has 2 aromatic carbocycles. The molecule has 10 heteroatoms. The van der Waals surface area contributed by atoms with Crippen LogP contribution < -0.4 is 10.1 Å². The number of fused-ring (bicyclic) bond motifs is 1. The van der Waals surface area contributed by atoms with Gasteiger partial charge in [0.1, 0.15) is 17.5 Å². The van der Waals surface area contributed by atoms with Gasteiger partial charge in [-0.2, -0.15) is 0 Å². The first-order valence-electron chi connectivity index (χ1n) is 12.9. The summed E-state index contributed by atoms with van der Waals surface area (Å²) in [7, 11) is 0. The van der Waals surface area contributed by atoms with Crippen molar-refractivity contribution in [1.29, 1.82) is 0 Å². The first-order chi connectivity index (χ1) is 17.9. The minimum absolute atomic E-state index is 0.0723. The second kappa shape index (κ2) is 10.1. The highest BCUT2D eigenvalue weighted by molar-refractivity contribution is 5.94. The van der Waals surface area contributed by atoms with E-state index in [-0.39, 0.29) is 36.5 Å². The Balaban J connectivity index is 1.30. The number of likely N-dealkylation sites (tertiary alicyclic amines) is 1. The van der Waals surface area contributed by atoms with E-state index in [0.717, 1.165) is 18.4 Å². The SMILES string of the molecule is C[C@H](NC(=O)c1ccc2c(c1)COC[C@@]2(C)O)c1ccc(C2CC(N3CC[C@@H](F)C3)C2)cc1OC(F)(F)F. The number of carbonyl (C=O) groups is 1. The third-order valence-electron chi connectivity index (χ3n) is 7.93. The summed E-state index contributed by atoms with van der Waals surface area (Å²) in [4.78, 5) is 15.1. The first kappa shape index (κ1) is 26.9. The van der Waals surface area contributed by atoms with Crippen molar-refractivity contribution < 1.29 is 36.9 Å². The molecule has 6 nitrogen and oxygen atoms in total. The van der Waals surface area contributed by atoms with E-state index < -0.39 is 30.1 Å². The van der Waals surface area contributed by atoms with Gasteiger partial charge in [-0.1, -0.05) is 18.2 Å². The van der Waals surface area contributed by atoms with Crippen LogP contribution in [-0.4, -0.2) is 54.2 Å². The number of hydrogen-bond acceptors (Lipinski definition) is 5.